The summed E-state index contributed by atoms with van der Waals surface area (Å²) in [6.07, 6.45) is 4.91. The van der Waals surface area contributed by atoms with Gasteiger partial charge in [-0.1, -0.05) is 26.7 Å². The Bertz CT molecular complexity index is 312. The number of hydrogen-bond acceptors (Lipinski definition) is 2. The maximum atomic E-state index is 11.9. The van der Waals surface area contributed by atoms with Gasteiger partial charge in [0, 0.05) is 20.1 Å². The van der Waals surface area contributed by atoms with Crippen molar-refractivity contribution in [3.05, 3.63) is 0 Å². The quantitative estimate of drug-likeness (QED) is 0.777. The third-order valence-corrected chi connectivity index (χ3v) is 3.95. The lowest BCUT2D eigenvalue weighted by molar-refractivity contribution is -0.142. The number of urea groups is 1. The topological polar surface area (TPSA) is 69.6 Å². The minimum absolute atomic E-state index is 0.0120. The van der Waals surface area contributed by atoms with Crippen molar-refractivity contribution in [2.24, 2.45) is 17.8 Å². The van der Waals surface area contributed by atoms with Gasteiger partial charge in [-0.05, 0) is 24.7 Å². The lowest BCUT2D eigenvalue weighted by Crippen LogP contribution is -2.43. The number of nitrogens with one attached hydrogen (secondary N) is 1. The lowest BCUT2D eigenvalue weighted by Gasteiger charge is -2.23. The van der Waals surface area contributed by atoms with E-state index in [4.69, 9.17) is 5.11 Å². The zero-order chi connectivity index (χ0) is 14.4. The number of amides is 2. The van der Waals surface area contributed by atoms with Crippen LogP contribution in [0, 0.1) is 17.8 Å². The van der Waals surface area contributed by atoms with Gasteiger partial charge in [-0.3, -0.25) is 4.79 Å². The summed E-state index contributed by atoms with van der Waals surface area (Å²) in [5.41, 5.74) is 0. The van der Waals surface area contributed by atoms with Crippen molar-refractivity contribution >= 4 is 12.0 Å². The predicted molar refractivity (Wildman–Crippen MR) is 74.0 cm³/mol. The number of nitrogens with zero attached hydrogens (tertiary/aromatic N) is 1. The van der Waals surface area contributed by atoms with E-state index in [1.54, 1.807) is 11.9 Å². The highest BCUT2D eigenvalue weighted by Gasteiger charge is 2.24. The number of hydrogen-bond donors (Lipinski definition) is 2. The Hall–Kier alpha value is -1.26. The molecule has 0 saturated heterocycles. The summed E-state index contributed by atoms with van der Waals surface area (Å²) in [6, 6.07) is -0.168. The highest BCUT2D eigenvalue weighted by atomic mass is 16.4. The second kappa shape index (κ2) is 7.36. The monoisotopic (exact) mass is 270 g/mol. The molecule has 110 valence electrons. The number of carbonyl (C=O) groups is 2. The summed E-state index contributed by atoms with van der Waals surface area (Å²) in [5.74, 6) is -0.758. The van der Waals surface area contributed by atoms with Crippen LogP contribution in [0.25, 0.3) is 0 Å². The van der Waals surface area contributed by atoms with Crippen molar-refractivity contribution in [1.29, 1.82) is 0 Å². The number of carboxylic acids is 1. The zero-order valence-electron chi connectivity index (χ0n) is 12.2. The average Bonchev–Trinajstić information content (AvgIpc) is 2.80. The zero-order valence-corrected chi connectivity index (χ0v) is 12.2. The van der Waals surface area contributed by atoms with Crippen molar-refractivity contribution < 1.29 is 14.7 Å². The van der Waals surface area contributed by atoms with Gasteiger partial charge in [0.05, 0.1) is 5.92 Å². The molecular weight excluding hydrogens is 244 g/mol. The summed E-state index contributed by atoms with van der Waals surface area (Å²) >= 11 is 0. The lowest BCUT2D eigenvalue weighted by atomic mass is 9.96. The van der Waals surface area contributed by atoms with Crippen molar-refractivity contribution in [3.8, 4) is 0 Å². The van der Waals surface area contributed by atoms with E-state index in [2.05, 4.69) is 5.32 Å². The van der Waals surface area contributed by atoms with Gasteiger partial charge in [-0.15, -0.1) is 0 Å². The number of aliphatic carboxylic acids is 1. The molecule has 1 rings (SSSR count). The fourth-order valence-electron chi connectivity index (χ4n) is 2.60. The van der Waals surface area contributed by atoms with Gasteiger partial charge in [0.15, 0.2) is 0 Å². The molecule has 1 atom stereocenters. The van der Waals surface area contributed by atoms with Crippen LogP contribution in [-0.4, -0.2) is 42.1 Å². The van der Waals surface area contributed by atoms with E-state index in [9.17, 15) is 9.59 Å². The third-order valence-electron chi connectivity index (χ3n) is 3.95. The first-order valence-electron chi connectivity index (χ1n) is 7.13. The molecule has 0 aromatic heterocycles. The summed E-state index contributed by atoms with van der Waals surface area (Å²) in [4.78, 5) is 24.6. The van der Waals surface area contributed by atoms with Gasteiger partial charge < -0.3 is 15.3 Å². The standard InChI is InChI=1S/C14H26N2O3/c1-10(2)12(13(17)18)8-15-14(19)16(3)9-11-6-4-5-7-11/h10-12H,4-9H2,1-3H3,(H,15,19)(H,17,18). The molecule has 2 amide bonds. The fraction of sp³-hybridized carbons (Fsp3) is 0.857. The van der Waals surface area contributed by atoms with Crippen molar-refractivity contribution in [1.82, 2.24) is 10.2 Å². The molecule has 1 unspecified atom stereocenters. The Kier molecular flexibility index (Phi) is 6.12. The highest BCUT2D eigenvalue weighted by Crippen LogP contribution is 2.25. The molecule has 19 heavy (non-hydrogen) atoms. The first-order chi connectivity index (χ1) is 8.91. The van der Waals surface area contributed by atoms with Crippen LogP contribution in [0.15, 0.2) is 0 Å². The maximum Gasteiger partial charge on any atom is 0.317 e. The normalized spacial score (nSPS) is 17.5. The van der Waals surface area contributed by atoms with Crippen molar-refractivity contribution in [2.45, 2.75) is 39.5 Å². The second-order valence-electron chi connectivity index (χ2n) is 5.91. The van der Waals surface area contributed by atoms with Crippen molar-refractivity contribution in [2.75, 3.05) is 20.1 Å². The summed E-state index contributed by atoms with van der Waals surface area (Å²) in [6.45, 7) is 4.67. The van der Waals surface area contributed by atoms with Crippen LogP contribution in [0.2, 0.25) is 0 Å². The maximum absolute atomic E-state index is 11.9. The molecule has 0 heterocycles. The van der Waals surface area contributed by atoms with E-state index in [1.165, 1.54) is 25.7 Å². The summed E-state index contributed by atoms with van der Waals surface area (Å²) in [7, 11) is 1.78. The molecule has 0 aliphatic heterocycles. The highest BCUT2D eigenvalue weighted by molar-refractivity contribution is 5.75. The first kappa shape index (κ1) is 15.8. The van der Waals surface area contributed by atoms with Crippen LogP contribution in [0.4, 0.5) is 4.79 Å². The Morgan fingerprint density at radius 1 is 1.32 bits per heavy atom. The average molecular weight is 270 g/mol. The van der Waals surface area contributed by atoms with Gasteiger partial charge in [-0.25, -0.2) is 4.79 Å². The summed E-state index contributed by atoms with van der Waals surface area (Å²) in [5, 5.41) is 11.8. The second-order valence-corrected chi connectivity index (χ2v) is 5.91. The molecule has 1 aliphatic rings. The first-order valence-corrected chi connectivity index (χ1v) is 7.13. The number of carboxylic acid groups (broad SMARTS) is 1. The van der Waals surface area contributed by atoms with Gasteiger partial charge >= 0.3 is 12.0 Å². The number of rotatable bonds is 6. The minimum Gasteiger partial charge on any atom is -0.481 e. The molecule has 1 aliphatic carbocycles. The van der Waals surface area contributed by atoms with Gasteiger partial charge in [0.25, 0.3) is 0 Å². The number of carbonyl (C=O) groups excluding carboxylic acids is 1. The molecular formula is C14H26N2O3. The van der Waals surface area contributed by atoms with Crippen LogP contribution in [0.3, 0.4) is 0 Å². The smallest absolute Gasteiger partial charge is 0.317 e. The molecule has 0 bridgehead atoms. The Morgan fingerprint density at radius 3 is 2.37 bits per heavy atom. The van der Waals surface area contributed by atoms with E-state index in [0.29, 0.717) is 5.92 Å². The SMILES string of the molecule is CC(C)C(CNC(=O)N(C)CC1CCCC1)C(=O)O. The summed E-state index contributed by atoms with van der Waals surface area (Å²) < 4.78 is 0. The molecule has 2 N–H and O–H groups in total. The van der Waals surface area contributed by atoms with E-state index in [1.807, 2.05) is 13.8 Å². The third kappa shape index (κ3) is 5.09. The molecule has 0 aromatic rings. The van der Waals surface area contributed by atoms with Crippen LogP contribution < -0.4 is 5.32 Å². The van der Waals surface area contributed by atoms with E-state index in [-0.39, 0.29) is 18.5 Å². The molecule has 5 heteroatoms. The molecule has 5 nitrogen and oxygen atoms in total. The van der Waals surface area contributed by atoms with E-state index >= 15 is 0 Å². The van der Waals surface area contributed by atoms with Crippen molar-refractivity contribution in [3.63, 3.8) is 0 Å². The van der Waals surface area contributed by atoms with E-state index in [0.717, 1.165) is 6.54 Å². The Morgan fingerprint density at radius 2 is 1.89 bits per heavy atom. The van der Waals surface area contributed by atoms with Crippen LogP contribution in [-0.2, 0) is 4.79 Å². The predicted octanol–water partition coefficient (Wildman–Crippen LogP) is 2.17. The molecule has 0 aromatic carbocycles. The fourth-order valence-corrected chi connectivity index (χ4v) is 2.60. The Labute approximate surface area is 115 Å². The van der Waals surface area contributed by atoms with Gasteiger partial charge in [0.2, 0.25) is 0 Å². The van der Waals surface area contributed by atoms with E-state index < -0.39 is 11.9 Å². The molecule has 0 spiro atoms. The Balaban J connectivity index is 2.34. The van der Waals surface area contributed by atoms with Gasteiger partial charge in [-0.2, -0.15) is 0 Å². The minimum atomic E-state index is -0.853. The molecule has 0 radical (unpaired) electrons. The van der Waals surface area contributed by atoms with Crippen LogP contribution in [0.5, 0.6) is 0 Å². The van der Waals surface area contributed by atoms with Crippen LogP contribution in [0.1, 0.15) is 39.5 Å². The van der Waals surface area contributed by atoms with Gasteiger partial charge in [0.1, 0.15) is 0 Å². The molecule has 1 saturated carbocycles. The largest absolute Gasteiger partial charge is 0.481 e. The molecule has 1 fully saturated rings. The van der Waals surface area contributed by atoms with Crippen LogP contribution >= 0.6 is 0 Å².